The fourth-order valence-electron chi connectivity index (χ4n) is 4.10. The van der Waals surface area contributed by atoms with Crippen molar-refractivity contribution in [3.05, 3.63) is 99.6 Å². The SMILES string of the molecule is CCCC(c1ccc(C(=O)O)cc1)C(NC(=O)c1ccc(Cl)cc1C)c1ccc(OC(F)(F)F)cc1. The third-order valence-corrected chi connectivity index (χ3v) is 6.02. The lowest BCUT2D eigenvalue weighted by Crippen LogP contribution is -2.33. The first-order valence-electron chi connectivity index (χ1n) is 11.2. The Morgan fingerprint density at radius 2 is 1.61 bits per heavy atom. The van der Waals surface area contributed by atoms with Crippen molar-refractivity contribution in [1.29, 1.82) is 0 Å². The van der Waals surface area contributed by atoms with Crippen LogP contribution in [-0.4, -0.2) is 23.3 Å². The van der Waals surface area contributed by atoms with Gasteiger partial charge in [-0.3, -0.25) is 4.79 Å². The molecule has 0 aliphatic rings. The fraction of sp³-hybridized carbons (Fsp3) is 0.259. The fourth-order valence-corrected chi connectivity index (χ4v) is 4.33. The van der Waals surface area contributed by atoms with E-state index >= 15 is 0 Å². The lowest BCUT2D eigenvalue weighted by atomic mass is 9.83. The molecule has 0 aliphatic heterocycles. The third kappa shape index (κ3) is 7.01. The Hall–Kier alpha value is -3.52. The number of aromatic carboxylic acids is 1. The Morgan fingerprint density at radius 1 is 1.00 bits per heavy atom. The van der Waals surface area contributed by atoms with Crippen LogP contribution in [0.2, 0.25) is 5.02 Å². The van der Waals surface area contributed by atoms with Crippen LogP contribution in [0.1, 0.15) is 69.1 Å². The summed E-state index contributed by atoms with van der Waals surface area (Å²) in [5.74, 6) is -2.09. The number of hydrogen-bond donors (Lipinski definition) is 2. The molecule has 1 amide bonds. The number of hydrogen-bond acceptors (Lipinski definition) is 3. The largest absolute Gasteiger partial charge is 0.573 e. The predicted octanol–water partition coefficient (Wildman–Crippen LogP) is 7.30. The first-order valence-corrected chi connectivity index (χ1v) is 11.6. The van der Waals surface area contributed by atoms with E-state index in [0.29, 0.717) is 28.1 Å². The average Bonchev–Trinajstić information content (AvgIpc) is 2.81. The Labute approximate surface area is 211 Å². The van der Waals surface area contributed by atoms with Gasteiger partial charge in [0.15, 0.2) is 0 Å². The number of benzene rings is 3. The minimum Gasteiger partial charge on any atom is -0.478 e. The summed E-state index contributed by atoms with van der Waals surface area (Å²) in [4.78, 5) is 24.6. The molecule has 36 heavy (non-hydrogen) atoms. The molecule has 3 aromatic rings. The zero-order valence-corrected chi connectivity index (χ0v) is 20.4. The number of carbonyl (C=O) groups excluding carboxylic acids is 1. The Balaban J connectivity index is 2.02. The zero-order chi connectivity index (χ0) is 26.5. The minimum atomic E-state index is -4.82. The minimum absolute atomic E-state index is 0.125. The molecule has 0 spiro atoms. The molecule has 0 saturated carbocycles. The summed E-state index contributed by atoms with van der Waals surface area (Å²) in [5, 5.41) is 12.8. The monoisotopic (exact) mass is 519 g/mol. The van der Waals surface area contributed by atoms with Crippen molar-refractivity contribution in [2.75, 3.05) is 0 Å². The molecule has 0 fully saturated rings. The van der Waals surface area contributed by atoms with Gasteiger partial charge < -0.3 is 15.2 Å². The van der Waals surface area contributed by atoms with Crippen LogP contribution < -0.4 is 10.1 Å². The van der Waals surface area contributed by atoms with Crippen LogP contribution in [0, 0.1) is 6.92 Å². The maximum absolute atomic E-state index is 13.3. The highest BCUT2D eigenvalue weighted by atomic mass is 35.5. The topological polar surface area (TPSA) is 75.6 Å². The van der Waals surface area contributed by atoms with Crippen LogP contribution in [-0.2, 0) is 0 Å². The van der Waals surface area contributed by atoms with Gasteiger partial charge in [0.05, 0.1) is 11.6 Å². The second kappa shape index (κ2) is 11.5. The summed E-state index contributed by atoms with van der Waals surface area (Å²) < 4.78 is 41.9. The first kappa shape index (κ1) is 27.1. The quantitative estimate of drug-likeness (QED) is 0.311. The van der Waals surface area contributed by atoms with Gasteiger partial charge >= 0.3 is 12.3 Å². The van der Waals surface area contributed by atoms with Gasteiger partial charge in [0, 0.05) is 16.5 Å². The second-order valence-electron chi connectivity index (χ2n) is 8.35. The number of ether oxygens (including phenoxy) is 1. The van der Waals surface area contributed by atoms with Gasteiger partial charge in [-0.15, -0.1) is 13.2 Å². The lowest BCUT2D eigenvalue weighted by Gasteiger charge is -2.29. The molecule has 190 valence electrons. The highest BCUT2D eigenvalue weighted by molar-refractivity contribution is 6.30. The summed E-state index contributed by atoms with van der Waals surface area (Å²) in [6.07, 6.45) is -3.46. The molecule has 5 nitrogen and oxygen atoms in total. The summed E-state index contributed by atoms with van der Waals surface area (Å²) >= 11 is 6.03. The third-order valence-electron chi connectivity index (χ3n) is 5.78. The van der Waals surface area contributed by atoms with Crippen molar-refractivity contribution >= 4 is 23.5 Å². The summed E-state index contributed by atoms with van der Waals surface area (Å²) in [5.41, 5.74) is 2.57. The van der Waals surface area contributed by atoms with Crippen LogP contribution in [0.25, 0.3) is 0 Å². The van der Waals surface area contributed by atoms with E-state index in [9.17, 15) is 27.9 Å². The molecule has 9 heteroatoms. The van der Waals surface area contributed by atoms with Gasteiger partial charge in [0.2, 0.25) is 0 Å². The smallest absolute Gasteiger partial charge is 0.478 e. The van der Waals surface area contributed by atoms with Gasteiger partial charge in [-0.05, 0) is 72.5 Å². The molecule has 0 heterocycles. The predicted molar refractivity (Wildman–Crippen MR) is 131 cm³/mol. The average molecular weight is 520 g/mol. The van der Waals surface area contributed by atoms with E-state index in [4.69, 9.17) is 11.6 Å². The number of carboxylic acids is 1. The number of carboxylic acid groups (broad SMARTS) is 1. The summed E-state index contributed by atoms with van der Waals surface area (Å²) in [7, 11) is 0. The van der Waals surface area contributed by atoms with Gasteiger partial charge in [-0.25, -0.2) is 4.79 Å². The molecule has 3 rings (SSSR count). The van der Waals surface area contributed by atoms with Crippen LogP contribution >= 0.6 is 11.6 Å². The molecule has 0 saturated heterocycles. The highest BCUT2D eigenvalue weighted by Crippen LogP contribution is 2.36. The molecular formula is C27H25ClF3NO4. The van der Waals surface area contributed by atoms with E-state index in [0.717, 1.165) is 12.0 Å². The number of aryl methyl sites for hydroxylation is 1. The standard InChI is InChI=1S/C27H25ClF3NO4/c1-3-4-23(17-5-7-19(8-6-17)26(34)35)24(18-9-12-21(13-10-18)36-27(29,30)31)32-25(33)22-14-11-20(28)15-16(22)2/h5-15,23-24H,3-4H2,1-2H3,(H,32,33)(H,34,35). The van der Waals surface area contributed by atoms with Crippen LogP contribution in [0.5, 0.6) is 5.75 Å². The molecule has 0 radical (unpaired) electrons. The zero-order valence-electron chi connectivity index (χ0n) is 19.6. The molecule has 2 atom stereocenters. The molecule has 0 bridgehead atoms. The van der Waals surface area contributed by atoms with E-state index in [1.807, 2.05) is 6.92 Å². The van der Waals surface area contributed by atoms with Gasteiger partial charge in [-0.2, -0.15) is 0 Å². The van der Waals surface area contributed by atoms with Crippen LogP contribution in [0.3, 0.4) is 0 Å². The number of nitrogens with one attached hydrogen (secondary N) is 1. The molecule has 3 aromatic carbocycles. The number of carbonyl (C=O) groups is 2. The first-order chi connectivity index (χ1) is 17.0. The van der Waals surface area contributed by atoms with E-state index in [-0.39, 0.29) is 23.1 Å². The van der Waals surface area contributed by atoms with Crippen molar-refractivity contribution in [3.63, 3.8) is 0 Å². The van der Waals surface area contributed by atoms with Crippen molar-refractivity contribution < 1.29 is 32.6 Å². The lowest BCUT2D eigenvalue weighted by molar-refractivity contribution is -0.274. The van der Waals surface area contributed by atoms with Crippen LogP contribution in [0.4, 0.5) is 13.2 Å². The number of amides is 1. The van der Waals surface area contributed by atoms with Crippen molar-refractivity contribution in [2.45, 2.75) is 45.0 Å². The van der Waals surface area contributed by atoms with Crippen molar-refractivity contribution in [2.24, 2.45) is 0 Å². The van der Waals surface area contributed by atoms with Gasteiger partial charge in [-0.1, -0.05) is 49.2 Å². The highest BCUT2D eigenvalue weighted by Gasteiger charge is 2.32. The summed E-state index contributed by atoms with van der Waals surface area (Å²) in [6, 6.07) is 16.0. The molecule has 0 aliphatic carbocycles. The Kier molecular flexibility index (Phi) is 8.63. The van der Waals surface area contributed by atoms with Crippen LogP contribution in [0.15, 0.2) is 66.7 Å². The van der Waals surface area contributed by atoms with Gasteiger partial charge in [0.25, 0.3) is 5.91 Å². The molecular weight excluding hydrogens is 495 g/mol. The van der Waals surface area contributed by atoms with E-state index in [2.05, 4.69) is 10.1 Å². The maximum Gasteiger partial charge on any atom is 0.573 e. The van der Waals surface area contributed by atoms with Gasteiger partial charge in [0.1, 0.15) is 5.75 Å². The number of alkyl halides is 3. The Bertz CT molecular complexity index is 1210. The van der Waals surface area contributed by atoms with Crippen molar-refractivity contribution in [3.8, 4) is 5.75 Å². The van der Waals surface area contributed by atoms with Crippen molar-refractivity contribution in [1.82, 2.24) is 5.32 Å². The van der Waals surface area contributed by atoms with E-state index in [1.54, 1.807) is 37.3 Å². The second-order valence-corrected chi connectivity index (χ2v) is 8.79. The van der Waals surface area contributed by atoms with E-state index < -0.39 is 18.4 Å². The summed E-state index contributed by atoms with van der Waals surface area (Å²) in [6.45, 7) is 3.73. The molecule has 2 N–H and O–H groups in total. The number of halogens is 4. The Morgan fingerprint density at radius 3 is 2.14 bits per heavy atom. The normalized spacial score (nSPS) is 13.1. The molecule has 0 aromatic heterocycles. The maximum atomic E-state index is 13.3. The molecule has 2 unspecified atom stereocenters. The van der Waals surface area contributed by atoms with E-state index in [1.165, 1.54) is 36.4 Å². The number of rotatable bonds is 9.